The SMILES string of the molecule is CC(C)OP(=O)(OC(C)C)/C(=N\OC(=O)Nc1cccc(Cl)c1)C(N)=O. The lowest BCUT2D eigenvalue weighted by Crippen LogP contribution is -2.28. The third kappa shape index (κ3) is 7.13. The smallest absolute Gasteiger partial charge is 0.364 e. The molecule has 0 saturated carbocycles. The second-order valence-corrected chi connectivity index (χ2v) is 7.88. The van der Waals surface area contributed by atoms with Gasteiger partial charge in [0.05, 0.1) is 12.2 Å². The number of carbonyl (C=O) groups is 2. The first-order valence-corrected chi connectivity index (χ1v) is 9.54. The van der Waals surface area contributed by atoms with Crippen LogP contribution in [0.25, 0.3) is 0 Å². The number of amides is 2. The standard InChI is InChI=1S/C15H21ClN3O6P/c1-9(2)24-26(22,25-10(3)4)14(13(17)20)19-23-15(21)18-12-7-5-6-11(16)8-12/h5-10H,1-4H3,(H2,17,20)(H,18,21)/b19-14-. The largest absolute Gasteiger partial charge is 0.437 e. The van der Waals surface area contributed by atoms with Gasteiger partial charge in [0.1, 0.15) is 0 Å². The molecule has 0 heterocycles. The van der Waals surface area contributed by atoms with Crippen molar-refractivity contribution in [1.82, 2.24) is 0 Å². The molecule has 0 bridgehead atoms. The monoisotopic (exact) mass is 405 g/mol. The van der Waals surface area contributed by atoms with Crippen molar-refractivity contribution in [3.63, 3.8) is 0 Å². The average molecular weight is 406 g/mol. The molecular formula is C15H21ClN3O6P. The minimum Gasteiger partial charge on any atom is -0.364 e. The Bertz CT molecular complexity index is 724. The van der Waals surface area contributed by atoms with Crippen LogP contribution in [0.3, 0.4) is 0 Å². The lowest BCUT2D eigenvalue weighted by atomic mass is 10.3. The van der Waals surface area contributed by atoms with Crippen molar-refractivity contribution in [3.05, 3.63) is 29.3 Å². The normalized spacial score (nSPS) is 12.3. The summed E-state index contributed by atoms with van der Waals surface area (Å²) in [6.45, 7) is 6.34. The highest BCUT2D eigenvalue weighted by Gasteiger charge is 2.39. The van der Waals surface area contributed by atoms with E-state index in [9.17, 15) is 14.2 Å². The molecule has 0 aromatic heterocycles. The summed E-state index contributed by atoms with van der Waals surface area (Å²) in [5.41, 5.74) is 4.72. The molecule has 0 atom stereocenters. The van der Waals surface area contributed by atoms with E-state index in [0.717, 1.165) is 0 Å². The molecule has 2 amide bonds. The molecule has 1 aromatic rings. The molecule has 0 spiro atoms. The topological polar surface area (TPSA) is 129 Å². The number of halogens is 1. The summed E-state index contributed by atoms with van der Waals surface area (Å²) in [5, 5.41) is 6.03. The Morgan fingerprint density at radius 1 is 1.19 bits per heavy atom. The van der Waals surface area contributed by atoms with E-state index < -0.39 is 37.3 Å². The van der Waals surface area contributed by atoms with Gasteiger partial charge in [-0.3, -0.25) is 19.5 Å². The van der Waals surface area contributed by atoms with Crippen molar-refractivity contribution in [3.8, 4) is 0 Å². The first kappa shape index (κ1) is 22.1. The van der Waals surface area contributed by atoms with Crippen molar-refractivity contribution in [2.75, 3.05) is 5.32 Å². The van der Waals surface area contributed by atoms with Crippen LogP contribution in [0.1, 0.15) is 27.7 Å². The number of carbonyl (C=O) groups excluding carboxylic acids is 2. The molecule has 0 aliphatic carbocycles. The van der Waals surface area contributed by atoms with Crippen LogP contribution in [0.15, 0.2) is 29.4 Å². The van der Waals surface area contributed by atoms with E-state index in [1.54, 1.807) is 45.9 Å². The molecule has 1 aromatic carbocycles. The maximum absolute atomic E-state index is 12.9. The molecule has 0 unspecified atom stereocenters. The summed E-state index contributed by atoms with van der Waals surface area (Å²) < 4.78 is 23.3. The maximum Gasteiger partial charge on any atom is 0.437 e. The Morgan fingerprint density at radius 2 is 1.77 bits per heavy atom. The molecular weight excluding hydrogens is 385 g/mol. The third-order valence-corrected chi connectivity index (χ3v) is 4.92. The number of oxime groups is 1. The van der Waals surface area contributed by atoms with Gasteiger partial charge >= 0.3 is 13.7 Å². The Balaban J connectivity index is 3.00. The van der Waals surface area contributed by atoms with Crippen LogP contribution in [0, 0.1) is 0 Å². The zero-order chi connectivity index (χ0) is 19.9. The molecule has 0 aliphatic rings. The van der Waals surface area contributed by atoms with Gasteiger partial charge in [-0.2, -0.15) is 0 Å². The van der Waals surface area contributed by atoms with Gasteiger partial charge in [-0.05, 0) is 45.9 Å². The Kier molecular flexibility index (Phi) is 8.23. The molecule has 0 fully saturated rings. The molecule has 3 N–H and O–H groups in total. The van der Waals surface area contributed by atoms with Gasteiger partial charge < -0.3 is 14.8 Å². The Morgan fingerprint density at radius 3 is 2.23 bits per heavy atom. The fourth-order valence-electron chi connectivity index (χ4n) is 1.70. The number of nitrogens with two attached hydrogens (primary N) is 1. The van der Waals surface area contributed by atoms with E-state index in [-0.39, 0.29) is 0 Å². The molecule has 144 valence electrons. The van der Waals surface area contributed by atoms with Crippen LogP contribution in [-0.2, 0) is 23.2 Å². The lowest BCUT2D eigenvalue weighted by Gasteiger charge is -2.21. The van der Waals surface area contributed by atoms with Crippen molar-refractivity contribution in [1.29, 1.82) is 0 Å². The highest BCUT2D eigenvalue weighted by atomic mass is 35.5. The average Bonchev–Trinajstić information content (AvgIpc) is 2.44. The van der Waals surface area contributed by atoms with Crippen molar-refractivity contribution in [2.45, 2.75) is 39.9 Å². The van der Waals surface area contributed by atoms with Crippen molar-refractivity contribution >= 4 is 42.3 Å². The maximum atomic E-state index is 12.9. The highest BCUT2D eigenvalue weighted by Crippen LogP contribution is 2.52. The van der Waals surface area contributed by atoms with E-state index in [0.29, 0.717) is 10.7 Å². The number of hydrogen-bond acceptors (Lipinski definition) is 7. The fourth-order valence-corrected chi connectivity index (χ4v) is 3.66. The Labute approximate surface area is 156 Å². The van der Waals surface area contributed by atoms with Crippen LogP contribution >= 0.6 is 19.2 Å². The van der Waals surface area contributed by atoms with Gasteiger partial charge in [0, 0.05) is 10.7 Å². The summed E-state index contributed by atoms with van der Waals surface area (Å²) in [6.07, 6.45) is -2.18. The predicted octanol–water partition coefficient (Wildman–Crippen LogP) is 3.73. The van der Waals surface area contributed by atoms with E-state index in [2.05, 4.69) is 15.3 Å². The van der Waals surface area contributed by atoms with E-state index >= 15 is 0 Å². The number of nitrogens with zero attached hydrogens (tertiary/aromatic N) is 1. The number of primary amides is 1. The fraction of sp³-hybridized carbons (Fsp3) is 0.400. The number of nitrogens with one attached hydrogen (secondary N) is 1. The molecule has 9 nitrogen and oxygen atoms in total. The molecule has 26 heavy (non-hydrogen) atoms. The van der Waals surface area contributed by atoms with E-state index in [4.69, 9.17) is 26.4 Å². The van der Waals surface area contributed by atoms with E-state index in [1.807, 2.05) is 0 Å². The molecule has 0 aliphatic heterocycles. The van der Waals surface area contributed by atoms with Crippen LogP contribution < -0.4 is 11.1 Å². The summed E-state index contributed by atoms with van der Waals surface area (Å²) in [6, 6.07) is 6.25. The van der Waals surface area contributed by atoms with Gasteiger partial charge in [0.15, 0.2) is 0 Å². The first-order chi connectivity index (χ1) is 12.0. The Hall–Kier alpha value is -1.93. The zero-order valence-corrected chi connectivity index (χ0v) is 16.4. The molecule has 0 saturated heterocycles. The number of benzene rings is 1. The van der Waals surface area contributed by atoms with Crippen LogP contribution in [0.5, 0.6) is 0 Å². The van der Waals surface area contributed by atoms with Crippen LogP contribution in [0.2, 0.25) is 5.02 Å². The summed E-state index contributed by atoms with van der Waals surface area (Å²) in [7, 11) is -4.20. The van der Waals surface area contributed by atoms with Crippen molar-refractivity contribution in [2.24, 2.45) is 10.9 Å². The minimum atomic E-state index is -4.20. The van der Waals surface area contributed by atoms with E-state index in [1.165, 1.54) is 6.07 Å². The second kappa shape index (κ2) is 9.68. The third-order valence-electron chi connectivity index (χ3n) is 2.47. The summed E-state index contributed by atoms with van der Waals surface area (Å²) in [5.74, 6) is -1.20. The first-order valence-electron chi connectivity index (χ1n) is 7.62. The van der Waals surface area contributed by atoms with Gasteiger partial charge in [-0.1, -0.05) is 22.8 Å². The quantitative estimate of drug-likeness (QED) is 0.293. The zero-order valence-electron chi connectivity index (χ0n) is 14.8. The van der Waals surface area contributed by atoms with Crippen LogP contribution in [-0.4, -0.2) is 29.7 Å². The summed E-state index contributed by atoms with van der Waals surface area (Å²) >= 11 is 5.80. The second-order valence-electron chi connectivity index (χ2n) is 5.60. The van der Waals surface area contributed by atoms with Crippen molar-refractivity contribution < 1.29 is 28.0 Å². The minimum absolute atomic E-state index is 0.332. The molecule has 0 radical (unpaired) electrons. The number of rotatable bonds is 8. The highest BCUT2D eigenvalue weighted by molar-refractivity contribution is 7.75. The van der Waals surface area contributed by atoms with Gasteiger partial charge in [-0.15, -0.1) is 0 Å². The predicted molar refractivity (Wildman–Crippen MR) is 98.2 cm³/mol. The van der Waals surface area contributed by atoms with Crippen LogP contribution in [0.4, 0.5) is 10.5 Å². The van der Waals surface area contributed by atoms with Gasteiger partial charge in [0.25, 0.3) is 11.4 Å². The lowest BCUT2D eigenvalue weighted by molar-refractivity contribution is -0.111. The molecule has 1 rings (SSSR count). The van der Waals surface area contributed by atoms with Gasteiger partial charge in [0.2, 0.25) is 0 Å². The summed E-state index contributed by atoms with van der Waals surface area (Å²) in [4.78, 5) is 28.1. The van der Waals surface area contributed by atoms with Gasteiger partial charge in [-0.25, -0.2) is 4.79 Å². The number of hydrogen-bond donors (Lipinski definition) is 2. The molecule has 11 heteroatoms. The number of anilines is 1.